The molecule has 3 atom stereocenters. The van der Waals surface area contributed by atoms with Gasteiger partial charge in [-0.05, 0) is 37.5 Å². The Morgan fingerprint density at radius 3 is 2.91 bits per heavy atom. The van der Waals surface area contributed by atoms with Gasteiger partial charge in [-0.1, -0.05) is 12.1 Å². The van der Waals surface area contributed by atoms with Crippen LogP contribution in [0, 0.1) is 11.2 Å². The van der Waals surface area contributed by atoms with Crippen molar-refractivity contribution in [2.45, 2.75) is 31.7 Å². The monoisotopic (exact) mass is 320 g/mol. The molecule has 0 bridgehead atoms. The maximum atomic E-state index is 13.2. The van der Waals surface area contributed by atoms with E-state index < -0.39 is 5.41 Å². The van der Waals surface area contributed by atoms with Crippen LogP contribution in [0.2, 0.25) is 0 Å². The highest BCUT2D eigenvalue weighted by Gasteiger charge is 2.45. The minimum absolute atomic E-state index is 0.0364. The maximum Gasteiger partial charge on any atom is 0.317 e. The van der Waals surface area contributed by atoms with E-state index in [9.17, 15) is 14.0 Å². The van der Waals surface area contributed by atoms with Crippen LogP contribution in [0.3, 0.4) is 0 Å². The van der Waals surface area contributed by atoms with Crippen molar-refractivity contribution in [2.24, 2.45) is 5.41 Å². The van der Waals surface area contributed by atoms with E-state index in [1.54, 1.807) is 11.0 Å². The summed E-state index contributed by atoms with van der Waals surface area (Å²) in [4.78, 5) is 25.8. The second-order valence-electron chi connectivity index (χ2n) is 6.68. The number of methoxy groups -OCH3 is 1. The van der Waals surface area contributed by atoms with Gasteiger partial charge in [-0.15, -0.1) is 0 Å². The van der Waals surface area contributed by atoms with Crippen molar-refractivity contribution in [1.29, 1.82) is 0 Å². The molecule has 1 saturated carbocycles. The van der Waals surface area contributed by atoms with Crippen LogP contribution in [0.5, 0.6) is 0 Å². The van der Waals surface area contributed by atoms with Crippen molar-refractivity contribution >= 4 is 12.0 Å². The summed E-state index contributed by atoms with van der Waals surface area (Å²) >= 11 is 0. The lowest BCUT2D eigenvalue weighted by molar-refractivity contribution is -0.150. The third-order valence-corrected chi connectivity index (χ3v) is 4.81. The van der Waals surface area contributed by atoms with Crippen molar-refractivity contribution in [2.75, 3.05) is 20.2 Å². The molecule has 3 unspecified atom stereocenters. The zero-order valence-electron chi connectivity index (χ0n) is 13.3. The van der Waals surface area contributed by atoms with E-state index in [-0.39, 0.29) is 29.8 Å². The standard InChI is InChI=1S/C17H21FN2O3/c1-17(15(21)23-2)6-7-20(10-17)16(22)19-14-9-13(14)11-4-3-5-12(18)8-11/h3-5,8,13-14H,6-7,9-10H2,1-2H3,(H,19,22). The first-order chi connectivity index (χ1) is 10.9. The molecule has 1 heterocycles. The zero-order chi connectivity index (χ0) is 16.6. The molecule has 0 aromatic heterocycles. The van der Waals surface area contributed by atoms with E-state index in [0.717, 1.165) is 12.0 Å². The summed E-state index contributed by atoms with van der Waals surface area (Å²) < 4.78 is 18.1. The summed E-state index contributed by atoms with van der Waals surface area (Å²) in [7, 11) is 1.37. The number of carbonyl (C=O) groups excluding carboxylic acids is 2. The Balaban J connectivity index is 1.55. The Bertz CT molecular complexity index is 636. The maximum absolute atomic E-state index is 13.2. The van der Waals surface area contributed by atoms with E-state index in [2.05, 4.69) is 5.32 Å². The van der Waals surface area contributed by atoms with Crippen molar-refractivity contribution in [3.63, 3.8) is 0 Å². The number of esters is 1. The summed E-state index contributed by atoms with van der Waals surface area (Å²) in [6.45, 7) is 2.72. The number of halogens is 1. The molecule has 0 spiro atoms. The van der Waals surface area contributed by atoms with Crippen LogP contribution in [0.4, 0.5) is 9.18 Å². The van der Waals surface area contributed by atoms with Gasteiger partial charge in [-0.2, -0.15) is 0 Å². The number of nitrogens with one attached hydrogen (secondary N) is 1. The van der Waals surface area contributed by atoms with Gasteiger partial charge in [0.25, 0.3) is 0 Å². The van der Waals surface area contributed by atoms with Crippen LogP contribution in [0.25, 0.3) is 0 Å². The van der Waals surface area contributed by atoms with Crippen LogP contribution in [-0.2, 0) is 9.53 Å². The van der Waals surface area contributed by atoms with Gasteiger partial charge in [0.15, 0.2) is 0 Å². The molecule has 2 fully saturated rings. The number of nitrogens with zero attached hydrogens (tertiary/aromatic N) is 1. The smallest absolute Gasteiger partial charge is 0.317 e. The number of hydrogen-bond donors (Lipinski definition) is 1. The van der Waals surface area contributed by atoms with Gasteiger partial charge in [-0.3, -0.25) is 4.79 Å². The molecule has 1 aliphatic carbocycles. The van der Waals surface area contributed by atoms with Crippen LogP contribution < -0.4 is 5.32 Å². The summed E-state index contributed by atoms with van der Waals surface area (Å²) in [5.41, 5.74) is 0.286. The Labute approximate surface area is 134 Å². The van der Waals surface area contributed by atoms with E-state index in [0.29, 0.717) is 19.5 Å². The molecular weight excluding hydrogens is 299 g/mol. The first-order valence-electron chi connectivity index (χ1n) is 7.82. The molecule has 124 valence electrons. The third kappa shape index (κ3) is 3.16. The largest absolute Gasteiger partial charge is 0.469 e. The topological polar surface area (TPSA) is 58.6 Å². The lowest BCUT2D eigenvalue weighted by Crippen LogP contribution is -2.42. The Morgan fingerprint density at radius 2 is 2.22 bits per heavy atom. The lowest BCUT2D eigenvalue weighted by atomic mass is 9.90. The minimum atomic E-state index is -0.627. The molecule has 1 aromatic rings. The van der Waals surface area contributed by atoms with Crippen LogP contribution in [0.15, 0.2) is 24.3 Å². The Morgan fingerprint density at radius 1 is 1.43 bits per heavy atom. The average molecular weight is 320 g/mol. The summed E-state index contributed by atoms with van der Waals surface area (Å²) in [5, 5.41) is 2.97. The Hall–Kier alpha value is -2.11. The number of benzene rings is 1. The highest BCUT2D eigenvalue weighted by Crippen LogP contribution is 2.41. The fraction of sp³-hybridized carbons (Fsp3) is 0.529. The average Bonchev–Trinajstić information content (AvgIpc) is 3.18. The lowest BCUT2D eigenvalue weighted by Gasteiger charge is -2.22. The predicted molar refractivity (Wildman–Crippen MR) is 82.4 cm³/mol. The molecule has 1 saturated heterocycles. The molecule has 1 aromatic carbocycles. The first kappa shape index (κ1) is 15.8. The van der Waals surface area contributed by atoms with E-state index in [1.807, 2.05) is 13.0 Å². The van der Waals surface area contributed by atoms with Crippen molar-refractivity contribution in [3.8, 4) is 0 Å². The molecule has 23 heavy (non-hydrogen) atoms. The molecule has 3 rings (SSSR count). The summed E-state index contributed by atoms with van der Waals surface area (Å²) in [6, 6.07) is 6.36. The molecule has 0 radical (unpaired) electrons. The molecule has 2 amide bonds. The summed E-state index contributed by atoms with van der Waals surface area (Å²) in [6.07, 6.45) is 1.42. The first-order valence-corrected chi connectivity index (χ1v) is 7.82. The summed E-state index contributed by atoms with van der Waals surface area (Å²) in [5.74, 6) is -0.367. The quantitative estimate of drug-likeness (QED) is 0.869. The fourth-order valence-electron chi connectivity index (χ4n) is 3.26. The van der Waals surface area contributed by atoms with Crippen LogP contribution >= 0.6 is 0 Å². The third-order valence-electron chi connectivity index (χ3n) is 4.81. The number of urea groups is 1. The van der Waals surface area contributed by atoms with Crippen molar-refractivity contribution in [3.05, 3.63) is 35.6 Å². The van der Waals surface area contributed by atoms with E-state index >= 15 is 0 Å². The number of likely N-dealkylation sites (tertiary alicyclic amines) is 1. The molecule has 1 N–H and O–H groups in total. The van der Waals surface area contributed by atoms with Crippen LogP contribution in [-0.4, -0.2) is 43.1 Å². The van der Waals surface area contributed by atoms with Gasteiger partial charge in [0, 0.05) is 25.0 Å². The van der Waals surface area contributed by atoms with Gasteiger partial charge in [0.2, 0.25) is 0 Å². The molecule has 2 aliphatic rings. The second-order valence-corrected chi connectivity index (χ2v) is 6.68. The SMILES string of the molecule is COC(=O)C1(C)CCN(C(=O)NC2CC2c2cccc(F)c2)C1. The normalized spacial score (nSPS) is 29.3. The number of hydrogen-bond acceptors (Lipinski definition) is 3. The number of carbonyl (C=O) groups is 2. The van der Waals surface area contributed by atoms with E-state index in [4.69, 9.17) is 4.74 Å². The number of amides is 2. The zero-order valence-corrected chi connectivity index (χ0v) is 13.3. The van der Waals surface area contributed by atoms with E-state index in [1.165, 1.54) is 19.2 Å². The second kappa shape index (κ2) is 5.83. The number of ether oxygens (including phenoxy) is 1. The molecule has 6 heteroatoms. The van der Waals surface area contributed by atoms with Gasteiger partial charge < -0.3 is 15.0 Å². The highest BCUT2D eigenvalue weighted by atomic mass is 19.1. The highest BCUT2D eigenvalue weighted by molar-refractivity contribution is 5.81. The van der Waals surface area contributed by atoms with Gasteiger partial charge in [0.1, 0.15) is 5.82 Å². The fourth-order valence-corrected chi connectivity index (χ4v) is 3.26. The molecular formula is C17H21FN2O3. The van der Waals surface area contributed by atoms with Gasteiger partial charge >= 0.3 is 12.0 Å². The molecule has 5 nitrogen and oxygen atoms in total. The van der Waals surface area contributed by atoms with Crippen molar-refractivity contribution in [1.82, 2.24) is 10.2 Å². The minimum Gasteiger partial charge on any atom is -0.469 e. The van der Waals surface area contributed by atoms with Gasteiger partial charge in [-0.25, -0.2) is 9.18 Å². The number of rotatable bonds is 3. The van der Waals surface area contributed by atoms with Crippen molar-refractivity contribution < 1.29 is 18.7 Å². The predicted octanol–water partition coefficient (Wildman–Crippen LogP) is 2.28. The van der Waals surface area contributed by atoms with Crippen LogP contribution in [0.1, 0.15) is 31.2 Å². The van der Waals surface area contributed by atoms with Gasteiger partial charge in [0.05, 0.1) is 12.5 Å². The molecule has 1 aliphatic heterocycles. The Kier molecular flexibility index (Phi) is 4.00.